The monoisotopic (exact) mass is 345 g/mol. The summed E-state index contributed by atoms with van der Waals surface area (Å²) < 4.78 is 0. The van der Waals surface area contributed by atoms with Crippen LogP contribution in [0.4, 0.5) is 0 Å². The summed E-state index contributed by atoms with van der Waals surface area (Å²) in [6.07, 6.45) is 0. The third-order valence-corrected chi connectivity index (χ3v) is 4.08. The largest absolute Gasteiger partial charge is 0.332 e. The van der Waals surface area contributed by atoms with E-state index in [-0.39, 0.29) is 11.9 Å². The Kier molecular flexibility index (Phi) is 5.57. The number of benzene rings is 2. The average Bonchev–Trinajstić information content (AvgIpc) is 2.53. The van der Waals surface area contributed by atoms with E-state index < -0.39 is 0 Å². The highest BCUT2D eigenvalue weighted by atomic mass is 79.9. The number of amides is 1. The molecule has 2 nitrogen and oxygen atoms in total. The molecular weight excluding hydrogens is 326 g/mol. The Morgan fingerprint density at radius 1 is 1.00 bits per heavy atom. The minimum atomic E-state index is 0.0787. The van der Waals surface area contributed by atoms with Crippen LogP contribution in [0, 0.1) is 0 Å². The molecule has 0 spiro atoms. The minimum absolute atomic E-state index is 0.0787. The van der Waals surface area contributed by atoms with Gasteiger partial charge in [0.2, 0.25) is 0 Å². The SMILES string of the molecule is CC(C)N(Cc1ccccc1)C(=O)c1ccc(CBr)cc1. The van der Waals surface area contributed by atoms with E-state index in [0.717, 1.165) is 16.5 Å². The van der Waals surface area contributed by atoms with Crippen LogP contribution in [0.2, 0.25) is 0 Å². The van der Waals surface area contributed by atoms with Crippen LogP contribution < -0.4 is 0 Å². The molecule has 0 atom stereocenters. The van der Waals surface area contributed by atoms with Crippen LogP contribution in [0.1, 0.15) is 35.3 Å². The van der Waals surface area contributed by atoms with Gasteiger partial charge in [-0.3, -0.25) is 4.79 Å². The van der Waals surface area contributed by atoms with E-state index in [2.05, 4.69) is 28.1 Å². The van der Waals surface area contributed by atoms with Gasteiger partial charge in [0.15, 0.2) is 0 Å². The van der Waals surface area contributed by atoms with Crippen molar-refractivity contribution >= 4 is 21.8 Å². The molecule has 21 heavy (non-hydrogen) atoms. The zero-order valence-corrected chi connectivity index (χ0v) is 14.0. The van der Waals surface area contributed by atoms with Crippen molar-refractivity contribution in [3.05, 3.63) is 71.3 Å². The normalized spacial score (nSPS) is 10.7. The van der Waals surface area contributed by atoms with Crippen LogP contribution in [0.5, 0.6) is 0 Å². The lowest BCUT2D eigenvalue weighted by molar-refractivity contribution is 0.0690. The molecule has 2 rings (SSSR count). The second kappa shape index (κ2) is 7.41. The number of halogens is 1. The lowest BCUT2D eigenvalue weighted by Gasteiger charge is -2.27. The maximum atomic E-state index is 12.7. The molecular formula is C18H20BrNO. The smallest absolute Gasteiger partial charge is 0.254 e. The topological polar surface area (TPSA) is 20.3 Å². The van der Waals surface area contributed by atoms with E-state index in [1.807, 2.05) is 61.2 Å². The number of rotatable bonds is 5. The van der Waals surface area contributed by atoms with Gasteiger partial charge in [-0.15, -0.1) is 0 Å². The number of hydrogen-bond acceptors (Lipinski definition) is 1. The van der Waals surface area contributed by atoms with Gasteiger partial charge in [-0.25, -0.2) is 0 Å². The molecule has 0 aliphatic heterocycles. The molecule has 2 aromatic rings. The molecule has 0 saturated heterocycles. The van der Waals surface area contributed by atoms with Gasteiger partial charge in [0.25, 0.3) is 5.91 Å². The first-order chi connectivity index (χ1) is 10.1. The van der Waals surface area contributed by atoms with Crippen molar-refractivity contribution in [1.29, 1.82) is 0 Å². The lowest BCUT2D eigenvalue weighted by Crippen LogP contribution is -2.36. The highest BCUT2D eigenvalue weighted by Gasteiger charge is 2.18. The number of carbonyl (C=O) groups excluding carboxylic acids is 1. The van der Waals surface area contributed by atoms with Gasteiger partial charge in [-0.1, -0.05) is 58.4 Å². The molecule has 0 N–H and O–H groups in total. The summed E-state index contributed by atoms with van der Waals surface area (Å²) in [6, 6.07) is 18.0. The van der Waals surface area contributed by atoms with Crippen LogP contribution in [0.15, 0.2) is 54.6 Å². The molecule has 0 fully saturated rings. The van der Waals surface area contributed by atoms with Crippen molar-refractivity contribution in [1.82, 2.24) is 4.90 Å². The molecule has 3 heteroatoms. The molecule has 0 saturated carbocycles. The molecule has 0 unspecified atom stereocenters. The van der Waals surface area contributed by atoms with Crippen molar-refractivity contribution in [3.63, 3.8) is 0 Å². The second-order valence-corrected chi connectivity index (χ2v) is 5.90. The zero-order valence-electron chi connectivity index (χ0n) is 12.4. The van der Waals surface area contributed by atoms with Gasteiger partial charge in [-0.2, -0.15) is 0 Å². The molecule has 0 radical (unpaired) electrons. The van der Waals surface area contributed by atoms with Crippen LogP contribution in [-0.2, 0) is 11.9 Å². The van der Waals surface area contributed by atoms with Gasteiger partial charge in [0.05, 0.1) is 0 Å². The maximum absolute atomic E-state index is 12.7. The number of alkyl halides is 1. The number of carbonyl (C=O) groups is 1. The van der Waals surface area contributed by atoms with E-state index in [1.165, 1.54) is 5.56 Å². The molecule has 0 aliphatic rings. The van der Waals surface area contributed by atoms with E-state index in [4.69, 9.17) is 0 Å². The minimum Gasteiger partial charge on any atom is -0.332 e. The van der Waals surface area contributed by atoms with E-state index >= 15 is 0 Å². The molecule has 0 aliphatic carbocycles. The van der Waals surface area contributed by atoms with Crippen molar-refractivity contribution in [2.75, 3.05) is 0 Å². The summed E-state index contributed by atoms with van der Waals surface area (Å²) in [7, 11) is 0. The fourth-order valence-electron chi connectivity index (χ4n) is 2.17. The Bertz CT molecular complexity index is 578. The van der Waals surface area contributed by atoms with E-state index in [1.54, 1.807) is 0 Å². The maximum Gasteiger partial charge on any atom is 0.254 e. The molecule has 0 heterocycles. The summed E-state index contributed by atoms with van der Waals surface area (Å²) >= 11 is 3.42. The molecule has 0 aromatic heterocycles. The van der Waals surface area contributed by atoms with Crippen molar-refractivity contribution in [2.24, 2.45) is 0 Å². The predicted molar refractivity (Wildman–Crippen MR) is 90.5 cm³/mol. The van der Waals surface area contributed by atoms with Crippen LogP contribution in [0.3, 0.4) is 0 Å². The van der Waals surface area contributed by atoms with Gasteiger partial charge in [0, 0.05) is 23.5 Å². The van der Waals surface area contributed by atoms with Gasteiger partial charge < -0.3 is 4.90 Å². The van der Waals surface area contributed by atoms with Crippen LogP contribution >= 0.6 is 15.9 Å². The first-order valence-electron chi connectivity index (χ1n) is 7.11. The van der Waals surface area contributed by atoms with Crippen molar-refractivity contribution in [2.45, 2.75) is 31.8 Å². The first-order valence-corrected chi connectivity index (χ1v) is 8.23. The Morgan fingerprint density at radius 2 is 1.62 bits per heavy atom. The summed E-state index contributed by atoms with van der Waals surface area (Å²) in [5.41, 5.74) is 3.06. The fourth-order valence-corrected chi connectivity index (χ4v) is 2.55. The Balaban J connectivity index is 2.18. The Hall–Kier alpha value is -1.61. The summed E-state index contributed by atoms with van der Waals surface area (Å²) in [5, 5.41) is 0.805. The number of hydrogen-bond donors (Lipinski definition) is 0. The molecule has 2 aromatic carbocycles. The molecule has 0 bridgehead atoms. The zero-order chi connectivity index (χ0) is 15.2. The van der Waals surface area contributed by atoms with Gasteiger partial charge >= 0.3 is 0 Å². The van der Waals surface area contributed by atoms with Crippen molar-refractivity contribution < 1.29 is 4.79 Å². The molecule has 1 amide bonds. The average molecular weight is 346 g/mol. The quantitative estimate of drug-likeness (QED) is 0.723. The second-order valence-electron chi connectivity index (χ2n) is 5.34. The van der Waals surface area contributed by atoms with Crippen LogP contribution in [-0.4, -0.2) is 16.8 Å². The first kappa shape index (κ1) is 15.8. The van der Waals surface area contributed by atoms with Crippen molar-refractivity contribution in [3.8, 4) is 0 Å². The highest BCUT2D eigenvalue weighted by molar-refractivity contribution is 9.08. The summed E-state index contributed by atoms with van der Waals surface area (Å²) in [4.78, 5) is 14.6. The fraction of sp³-hybridized carbons (Fsp3) is 0.278. The molecule has 110 valence electrons. The standard InChI is InChI=1S/C18H20BrNO/c1-14(2)20(13-16-6-4-3-5-7-16)18(21)17-10-8-15(12-19)9-11-17/h3-11,14H,12-13H2,1-2H3. The summed E-state index contributed by atoms with van der Waals surface area (Å²) in [6.45, 7) is 4.74. The predicted octanol–water partition coefficient (Wildman–Crippen LogP) is 4.63. The highest BCUT2D eigenvalue weighted by Crippen LogP contribution is 2.15. The van der Waals surface area contributed by atoms with Crippen LogP contribution in [0.25, 0.3) is 0 Å². The van der Waals surface area contributed by atoms with Gasteiger partial charge in [-0.05, 0) is 37.1 Å². The summed E-state index contributed by atoms with van der Waals surface area (Å²) in [5.74, 6) is 0.0787. The Morgan fingerprint density at radius 3 is 2.14 bits per heavy atom. The van der Waals surface area contributed by atoms with E-state index in [0.29, 0.717) is 6.54 Å². The third kappa shape index (κ3) is 4.18. The van der Waals surface area contributed by atoms with E-state index in [9.17, 15) is 4.79 Å². The Labute approximate surface area is 134 Å². The van der Waals surface area contributed by atoms with Gasteiger partial charge in [0.1, 0.15) is 0 Å². The lowest BCUT2D eigenvalue weighted by atomic mass is 10.1. The third-order valence-electron chi connectivity index (χ3n) is 3.44. The number of nitrogens with zero attached hydrogens (tertiary/aromatic N) is 1.